The predicted molar refractivity (Wildman–Crippen MR) is 82.2 cm³/mol. The lowest BCUT2D eigenvalue weighted by molar-refractivity contribution is -0.120. The Morgan fingerprint density at radius 2 is 1.79 bits per heavy atom. The van der Waals surface area contributed by atoms with E-state index in [2.05, 4.69) is 4.18 Å². The molecule has 0 spiro atoms. The Morgan fingerprint density at radius 3 is 2.33 bits per heavy atom. The van der Waals surface area contributed by atoms with Crippen molar-refractivity contribution in [3.8, 4) is 5.75 Å². The van der Waals surface area contributed by atoms with Crippen LogP contribution in [0.4, 0.5) is 13.2 Å². The number of halogens is 3. The van der Waals surface area contributed by atoms with E-state index in [-0.39, 0.29) is 17.5 Å². The Balaban J connectivity index is 2.41. The first-order valence-electron chi connectivity index (χ1n) is 7.67. The van der Waals surface area contributed by atoms with E-state index < -0.39 is 15.6 Å². The van der Waals surface area contributed by atoms with Crippen molar-refractivity contribution in [3.63, 3.8) is 0 Å². The van der Waals surface area contributed by atoms with Crippen LogP contribution in [0.15, 0.2) is 12.1 Å². The zero-order valence-electron chi connectivity index (χ0n) is 13.4. The molecule has 1 aliphatic rings. The zero-order valence-corrected chi connectivity index (χ0v) is 14.3. The van der Waals surface area contributed by atoms with Gasteiger partial charge in [0.05, 0.1) is 0 Å². The van der Waals surface area contributed by atoms with E-state index in [0.29, 0.717) is 24.8 Å². The summed E-state index contributed by atoms with van der Waals surface area (Å²) in [5.41, 5.74) is -3.29. The van der Waals surface area contributed by atoms with Crippen molar-refractivity contribution in [1.29, 1.82) is 0 Å². The summed E-state index contributed by atoms with van der Waals surface area (Å²) < 4.78 is 64.5. The number of carbonyl (C=O) groups is 1. The highest BCUT2D eigenvalue weighted by molar-refractivity contribution is 7.88. The van der Waals surface area contributed by atoms with Crippen LogP contribution in [0.3, 0.4) is 0 Å². The first kappa shape index (κ1) is 18.8. The van der Waals surface area contributed by atoms with Crippen LogP contribution >= 0.6 is 0 Å². The Kier molecular flexibility index (Phi) is 5.27. The maximum atomic E-state index is 12.5. The van der Waals surface area contributed by atoms with Gasteiger partial charge < -0.3 is 4.18 Å². The molecule has 0 saturated heterocycles. The molecular formula is C16H19F3O4S. The van der Waals surface area contributed by atoms with Gasteiger partial charge in [0, 0.05) is 5.92 Å². The summed E-state index contributed by atoms with van der Waals surface area (Å²) in [7, 11) is -5.69. The second kappa shape index (κ2) is 6.74. The van der Waals surface area contributed by atoms with Crippen molar-refractivity contribution in [2.24, 2.45) is 5.92 Å². The molecule has 0 amide bonds. The minimum atomic E-state index is -5.69. The van der Waals surface area contributed by atoms with E-state index >= 15 is 0 Å². The second-order valence-electron chi connectivity index (χ2n) is 6.09. The third-order valence-corrected chi connectivity index (χ3v) is 5.26. The van der Waals surface area contributed by atoms with Crippen LogP contribution < -0.4 is 4.18 Å². The lowest BCUT2D eigenvalue weighted by atomic mass is 9.84. The van der Waals surface area contributed by atoms with Crippen LogP contribution in [-0.2, 0) is 34.2 Å². The summed E-state index contributed by atoms with van der Waals surface area (Å²) in [6.45, 7) is 3.28. The SMILES string of the molecule is CC(=O)[C@@H](C)Cc1ccc(OS(=O)(=O)C(F)(F)F)c2c1CCCC2. The largest absolute Gasteiger partial charge is 0.534 e. The van der Waals surface area contributed by atoms with Crippen molar-refractivity contribution >= 4 is 15.9 Å². The van der Waals surface area contributed by atoms with Gasteiger partial charge in [0.25, 0.3) is 0 Å². The minimum Gasteiger partial charge on any atom is -0.376 e. The number of hydrogen-bond donors (Lipinski definition) is 0. The maximum absolute atomic E-state index is 12.5. The summed E-state index contributed by atoms with van der Waals surface area (Å²) in [6.07, 6.45) is 3.19. The highest BCUT2D eigenvalue weighted by Gasteiger charge is 2.49. The van der Waals surface area contributed by atoms with E-state index in [1.165, 1.54) is 13.0 Å². The Morgan fingerprint density at radius 1 is 1.21 bits per heavy atom. The van der Waals surface area contributed by atoms with E-state index in [1.54, 1.807) is 13.0 Å². The molecule has 8 heteroatoms. The van der Waals surface area contributed by atoms with Gasteiger partial charge >= 0.3 is 15.6 Å². The molecule has 1 atom stereocenters. The molecule has 0 bridgehead atoms. The van der Waals surface area contributed by atoms with Crippen LogP contribution in [0.2, 0.25) is 0 Å². The molecule has 0 saturated carbocycles. The third-order valence-electron chi connectivity index (χ3n) is 4.29. The molecule has 0 aliphatic heterocycles. The van der Waals surface area contributed by atoms with Crippen LogP contribution in [0.25, 0.3) is 0 Å². The van der Waals surface area contributed by atoms with E-state index in [1.807, 2.05) is 0 Å². The fourth-order valence-corrected chi connectivity index (χ4v) is 3.30. The van der Waals surface area contributed by atoms with E-state index in [0.717, 1.165) is 24.0 Å². The molecule has 2 rings (SSSR count). The van der Waals surface area contributed by atoms with Crippen LogP contribution in [0.5, 0.6) is 5.75 Å². The van der Waals surface area contributed by atoms with Gasteiger partial charge in [-0.2, -0.15) is 21.6 Å². The van der Waals surface area contributed by atoms with Gasteiger partial charge in [-0.05, 0) is 61.8 Å². The normalized spacial score (nSPS) is 16.4. The number of Topliss-reactive ketones (excluding diaryl/α,β-unsaturated/α-hetero) is 1. The topological polar surface area (TPSA) is 60.4 Å². The highest BCUT2D eigenvalue weighted by Crippen LogP contribution is 2.36. The smallest absolute Gasteiger partial charge is 0.376 e. The first-order chi connectivity index (χ1) is 11.0. The Bertz CT molecular complexity index is 738. The summed E-state index contributed by atoms with van der Waals surface area (Å²) in [5, 5.41) is 0. The number of alkyl halides is 3. The zero-order chi connectivity index (χ0) is 18.1. The van der Waals surface area contributed by atoms with E-state index in [9.17, 15) is 26.4 Å². The lowest BCUT2D eigenvalue weighted by Crippen LogP contribution is -2.28. The first-order valence-corrected chi connectivity index (χ1v) is 9.08. The molecule has 0 radical (unpaired) electrons. The van der Waals surface area contributed by atoms with Gasteiger partial charge in [0.15, 0.2) is 0 Å². The number of carbonyl (C=O) groups excluding carboxylic acids is 1. The van der Waals surface area contributed by atoms with Gasteiger partial charge in [-0.3, -0.25) is 4.79 Å². The van der Waals surface area contributed by atoms with Gasteiger partial charge in [0.1, 0.15) is 11.5 Å². The number of hydrogen-bond acceptors (Lipinski definition) is 4. The summed E-state index contributed by atoms with van der Waals surface area (Å²) >= 11 is 0. The third kappa shape index (κ3) is 3.91. The average Bonchev–Trinajstić information content (AvgIpc) is 2.48. The molecule has 134 valence electrons. The molecule has 1 aromatic carbocycles. The number of rotatable bonds is 5. The van der Waals surface area contributed by atoms with Crippen molar-refractivity contribution < 1.29 is 30.6 Å². The van der Waals surface area contributed by atoms with Crippen LogP contribution in [0, 0.1) is 5.92 Å². The van der Waals surface area contributed by atoms with Crippen molar-refractivity contribution in [3.05, 3.63) is 28.8 Å². The number of fused-ring (bicyclic) bond motifs is 1. The quantitative estimate of drug-likeness (QED) is 0.592. The fourth-order valence-electron chi connectivity index (χ4n) is 2.82. The standard InChI is InChI=1S/C16H19F3O4S/c1-10(11(2)20)9-12-7-8-15(14-6-4-3-5-13(12)14)23-24(21,22)16(17,18)19/h7-8,10H,3-6,9H2,1-2H3/t10-/m0/s1. The molecule has 0 heterocycles. The van der Waals surface area contributed by atoms with Gasteiger partial charge in [-0.25, -0.2) is 0 Å². The van der Waals surface area contributed by atoms with Crippen LogP contribution in [-0.4, -0.2) is 19.7 Å². The Labute approximate surface area is 139 Å². The summed E-state index contributed by atoms with van der Waals surface area (Å²) in [5.74, 6) is -0.442. The highest BCUT2D eigenvalue weighted by atomic mass is 32.2. The summed E-state index contributed by atoms with van der Waals surface area (Å²) in [4.78, 5) is 11.5. The fraction of sp³-hybridized carbons (Fsp3) is 0.562. The Hall–Kier alpha value is -1.57. The van der Waals surface area contributed by atoms with Gasteiger partial charge in [-0.1, -0.05) is 13.0 Å². The molecule has 1 aromatic rings. The van der Waals surface area contributed by atoms with Crippen molar-refractivity contribution in [1.82, 2.24) is 0 Å². The molecule has 0 aromatic heterocycles. The molecule has 0 unspecified atom stereocenters. The monoisotopic (exact) mass is 364 g/mol. The molecule has 0 fully saturated rings. The number of ketones is 1. The summed E-state index contributed by atoms with van der Waals surface area (Å²) in [6, 6.07) is 2.82. The molecular weight excluding hydrogens is 345 g/mol. The van der Waals surface area contributed by atoms with Gasteiger partial charge in [-0.15, -0.1) is 0 Å². The average molecular weight is 364 g/mol. The predicted octanol–water partition coefficient (Wildman–Crippen LogP) is 3.56. The number of benzene rings is 1. The van der Waals surface area contributed by atoms with Gasteiger partial charge in [0.2, 0.25) is 0 Å². The van der Waals surface area contributed by atoms with Crippen molar-refractivity contribution in [2.75, 3.05) is 0 Å². The van der Waals surface area contributed by atoms with Crippen LogP contribution in [0.1, 0.15) is 43.4 Å². The second-order valence-corrected chi connectivity index (χ2v) is 7.62. The molecule has 24 heavy (non-hydrogen) atoms. The van der Waals surface area contributed by atoms with E-state index in [4.69, 9.17) is 0 Å². The molecule has 1 aliphatic carbocycles. The van der Waals surface area contributed by atoms with Crippen molar-refractivity contribution in [2.45, 2.75) is 51.5 Å². The minimum absolute atomic E-state index is 0.0273. The molecule has 0 N–H and O–H groups in total. The maximum Gasteiger partial charge on any atom is 0.534 e. The lowest BCUT2D eigenvalue weighted by Gasteiger charge is -2.23. The molecule has 4 nitrogen and oxygen atoms in total.